The number of carbonyl (C=O) groups excluding carboxylic acids is 2. The Bertz CT molecular complexity index is 972. The molecule has 2 aromatic rings. The predicted molar refractivity (Wildman–Crippen MR) is 117 cm³/mol. The maximum atomic E-state index is 13.0. The molecule has 0 saturated carbocycles. The molecule has 1 heterocycles. The monoisotopic (exact) mass is 428 g/mol. The summed E-state index contributed by atoms with van der Waals surface area (Å²) in [6.07, 6.45) is 0.707. The maximum Gasteiger partial charge on any atom is 0.295 e. The molecule has 2 aromatic carbocycles. The van der Waals surface area contributed by atoms with E-state index in [9.17, 15) is 14.7 Å². The Balaban J connectivity index is 2.09. The van der Waals surface area contributed by atoms with Crippen LogP contribution in [0.4, 0.5) is 0 Å². The van der Waals surface area contributed by atoms with Crippen molar-refractivity contribution in [2.45, 2.75) is 12.5 Å². The van der Waals surface area contributed by atoms with Gasteiger partial charge in [0.05, 0.1) is 23.7 Å². The summed E-state index contributed by atoms with van der Waals surface area (Å²) in [6, 6.07) is 13.3. The van der Waals surface area contributed by atoms with Crippen LogP contribution in [0.1, 0.15) is 23.6 Å². The van der Waals surface area contributed by atoms with Crippen LogP contribution in [-0.4, -0.2) is 60.9 Å². The first-order valence-electron chi connectivity index (χ1n) is 9.67. The minimum atomic E-state index is -0.694. The third-order valence-corrected chi connectivity index (χ3v) is 5.40. The molecule has 1 saturated heterocycles. The minimum Gasteiger partial charge on any atom is -0.507 e. The molecular formula is C23H25ClN2O4. The van der Waals surface area contributed by atoms with Crippen LogP contribution in [0.3, 0.4) is 0 Å². The van der Waals surface area contributed by atoms with Gasteiger partial charge in [-0.2, -0.15) is 0 Å². The number of halogens is 1. The summed E-state index contributed by atoms with van der Waals surface area (Å²) in [6.45, 7) is 1.18. The highest BCUT2D eigenvalue weighted by molar-refractivity contribution is 6.46. The van der Waals surface area contributed by atoms with Crippen molar-refractivity contribution in [2.24, 2.45) is 0 Å². The molecule has 0 aliphatic carbocycles. The van der Waals surface area contributed by atoms with Gasteiger partial charge in [-0.25, -0.2) is 0 Å². The van der Waals surface area contributed by atoms with E-state index >= 15 is 0 Å². The average molecular weight is 429 g/mol. The molecule has 1 aliphatic rings. The summed E-state index contributed by atoms with van der Waals surface area (Å²) >= 11 is 6.09. The first kappa shape index (κ1) is 21.9. The Labute approximate surface area is 181 Å². The SMILES string of the molecule is COc1cc(/C(O)=C2/C(=O)C(=O)N(CCCN(C)C)C2c2ccccc2)ccc1Cl. The number of hydrogen-bond acceptors (Lipinski definition) is 5. The van der Waals surface area contributed by atoms with Crippen LogP contribution in [-0.2, 0) is 9.59 Å². The number of likely N-dealkylation sites (tertiary alicyclic amines) is 1. The highest BCUT2D eigenvalue weighted by atomic mass is 35.5. The standard InChI is InChI=1S/C23H25ClN2O4/c1-25(2)12-7-13-26-20(15-8-5-4-6-9-15)19(22(28)23(26)29)21(27)16-10-11-17(24)18(14-16)30-3/h4-6,8-11,14,20,27H,7,12-13H2,1-3H3/b21-19-. The molecule has 6 nitrogen and oxygen atoms in total. The van der Waals surface area contributed by atoms with Crippen molar-refractivity contribution < 1.29 is 19.4 Å². The van der Waals surface area contributed by atoms with Gasteiger partial charge in [-0.15, -0.1) is 0 Å². The van der Waals surface area contributed by atoms with Gasteiger partial charge in [0.2, 0.25) is 0 Å². The van der Waals surface area contributed by atoms with Gasteiger partial charge < -0.3 is 19.6 Å². The van der Waals surface area contributed by atoms with Crippen LogP contribution in [0.5, 0.6) is 5.75 Å². The second-order valence-corrected chi connectivity index (χ2v) is 7.82. The maximum absolute atomic E-state index is 13.0. The van der Waals surface area contributed by atoms with Crippen molar-refractivity contribution in [3.05, 3.63) is 70.3 Å². The van der Waals surface area contributed by atoms with Gasteiger partial charge in [0.25, 0.3) is 11.7 Å². The third-order valence-electron chi connectivity index (χ3n) is 5.08. The molecule has 0 bridgehead atoms. The third kappa shape index (κ3) is 4.35. The fourth-order valence-electron chi connectivity index (χ4n) is 3.61. The zero-order chi connectivity index (χ0) is 21.8. The van der Waals surface area contributed by atoms with E-state index in [1.165, 1.54) is 7.11 Å². The van der Waals surface area contributed by atoms with Gasteiger partial charge in [-0.1, -0.05) is 41.9 Å². The fraction of sp³-hybridized carbons (Fsp3) is 0.304. The number of aliphatic hydroxyl groups excluding tert-OH is 1. The second-order valence-electron chi connectivity index (χ2n) is 7.41. The number of Topliss-reactive ketones (excluding diaryl/α,β-unsaturated/α-hetero) is 1. The number of benzene rings is 2. The first-order chi connectivity index (χ1) is 14.3. The van der Waals surface area contributed by atoms with Crippen LogP contribution < -0.4 is 4.74 Å². The largest absolute Gasteiger partial charge is 0.507 e. The lowest BCUT2D eigenvalue weighted by Crippen LogP contribution is -2.32. The zero-order valence-electron chi connectivity index (χ0n) is 17.3. The quantitative estimate of drug-likeness (QED) is 0.413. The molecular weight excluding hydrogens is 404 g/mol. The fourth-order valence-corrected chi connectivity index (χ4v) is 3.81. The number of ketones is 1. The predicted octanol–water partition coefficient (Wildman–Crippen LogP) is 3.72. The highest BCUT2D eigenvalue weighted by Gasteiger charge is 2.45. The number of methoxy groups -OCH3 is 1. The van der Waals surface area contributed by atoms with E-state index in [1.54, 1.807) is 23.1 Å². The molecule has 7 heteroatoms. The van der Waals surface area contributed by atoms with E-state index in [0.717, 1.165) is 12.1 Å². The van der Waals surface area contributed by atoms with E-state index in [-0.39, 0.29) is 11.3 Å². The Morgan fingerprint density at radius 2 is 1.87 bits per heavy atom. The van der Waals surface area contributed by atoms with E-state index in [2.05, 4.69) is 0 Å². The number of rotatable bonds is 7. The number of hydrogen-bond donors (Lipinski definition) is 1. The molecule has 1 atom stereocenters. The summed E-state index contributed by atoms with van der Waals surface area (Å²) in [5.74, 6) is -1.17. The summed E-state index contributed by atoms with van der Waals surface area (Å²) in [7, 11) is 5.38. The van der Waals surface area contributed by atoms with Gasteiger partial charge in [-0.3, -0.25) is 9.59 Å². The normalized spacial score (nSPS) is 18.3. The highest BCUT2D eigenvalue weighted by Crippen LogP contribution is 2.40. The number of ether oxygens (including phenoxy) is 1. The molecule has 0 spiro atoms. The van der Waals surface area contributed by atoms with Gasteiger partial charge in [-0.05, 0) is 50.8 Å². The number of amides is 1. The van der Waals surface area contributed by atoms with Gasteiger partial charge in [0.15, 0.2) is 0 Å². The number of nitrogens with zero attached hydrogens (tertiary/aromatic N) is 2. The number of aliphatic hydroxyl groups is 1. The van der Waals surface area contributed by atoms with E-state index in [0.29, 0.717) is 29.3 Å². The summed E-state index contributed by atoms with van der Waals surface area (Å²) in [5.41, 5.74) is 1.20. The summed E-state index contributed by atoms with van der Waals surface area (Å²) in [4.78, 5) is 29.4. The van der Waals surface area contributed by atoms with Crippen molar-refractivity contribution in [3.63, 3.8) is 0 Å². The molecule has 1 N–H and O–H groups in total. The Kier molecular flexibility index (Phi) is 6.80. The zero-order valence-corrected chi connectivity index (χ0v) is 18.0. The summed E-state index contributed by atoms with van der Waals surface area (Å²) in [5, 5.41) is 11.4. The topological polar surface area (TPSA) is 70.1 Å². The van der Waals surface area contributed by atoms with Gasteiger partial charge in [0, 0.05) is 12.1 Å². The molecule has 0 radical (unpaired) electrons. The lowest BCUT2D eigenvalue weighted by Gasteiger charge is -2.26. The van der Waals surface area contributed by atoms with Crippen LogP contribution in [0.15, 0.2) is 54.1 Å². The molecule has 1 unspecified atom stereocenters. The van der Waals surface area contributed by atoms with Crippen molar-refractivity contribution >= 4 is 29.1 Å². The molecule has 30 heavy (non-hydrogen) atoms. The van der Waals surface area contributed by atoms with Crippen molar-refractivity contribution in [3.8, 4) is 5.75 Å². The lowest BCUT2D eigenvalue weighted by atomic mass is 9.95. The van der Waals surface area contributed by atoms with Crippen LogP contribution in [0.2, 0.25) is 5.02 Å². The molecule has 0 aromatic heterocycles. The molecule has 158 valence electrons. The van der Waals surface area contributed by atoms with E-state index < -0.39 is 17.7 Å². The Hall–Kier alpha value is -2.83. The Morgan fingerprint density at radius 1 is 1.17 bits per heavy atom. The molecule has 3 rings (SSSR count). The van der Waals surface area contributed by atoms with Crippen LogP contribution >= 0.6 is 11.6 Å². The molecule has 1 amide bonds. The second kappa shape index (κ2) is 9.32. The average Bonchev–Trinajstić information content (AvgIpc) is 2.99. The minimum absolute atomic E-state index is 0.0698. The lowest BCUT2D eigenvalue weighted by molar-refractivity contribution is -0.139. The van der Waals surface area contributed by atoms with E-state index in [4.69, 9.17) is 16.3 Å². The molecule has 1 aliphatic heterocycles. The van der Waals surface area contributed by atoms with Crippen molar-refractivity contribution in [1.29, 1.82) is 0 Å². The molecule has 1 fully saturated rings. The van der Waals surface area contributed by atoms with Crippen LogP contribution in [0, 0.1) is 0 Å². The van der Waals surface area contributed by atoms with Crippen LogP contribution in [0.25, 0.3) is 5.76 Å². The van der Waals surface area contributed by atoms with Gasteiger partial charge >= 0.3 is 0 Å². The van der Waals surface area contributed by atoms with Gasteiger partial charge in [0.1, 0.15) is 11.5 Å². The van der Waals surface area contributed by atoms with E-state index in [1.807, 2.05) is 49.3 Å². The van der Waals surface area contributed by atoms with Crippen molar-refractivity contribution in [2.75, 3.05) is 34.3 Å². The Morgan fingerprint density at radius 3 is 2.50 bits per heavy atom. The summed E-state index contributed by atoms with van der Waals surface area (Å²) < 4.78 is 5.22. The smallest absolute Gasteiger partial charge is 0.295 e. The van der Waals surface area contributed by atoms with Crippen molar-refractivity contribution in [1.82, 2.24) is 9.80 Å². The number of carbonyl (C=O) groups is 2. The first-order valence-corrected chi connectivity index (χ1v) is 10.0.